The van der Waals surface area contributed by atoms with Crippen molar-refractivity contribution in [1.82, 2.24) is 5.32 Å². The van der Waals surface area contributed by atoms with Crippen LogP contribution in [-0.2, 0) is 11.2 Å². The largest absolute Gasteiger partial charge is 0.320 e. The molecule has 1 aromatic heterocycles. The number of fused-ring (bicyclic) bond motifs is 3. The van der Waals surface area contributed by atoms with E-state index in [9.17, 15) is 10.1 Å². The molecule has 4 nitrogen and oxygen atoms in total. The van der Waals surface area contributed by atoms with Crippen molar-refractivity contribution in [2.24, 2.45) is 17.8 Å². The molecule has 1 amide bonds. The Morgan fingerprint density at radius 1 is 1.33 bits per heavy atom. The lowest BCUT2D eigenvalue weighted by Gasteiger charge is -2.41. The summed E-state index contributed by atoms with van der Waals surface area (Å²) < 4.78 is 0. The summed E-state index contributed by atoms with van der Waals surface area (Å²) in [7, 11) is 1.95. The van der Waals surface area contributed by atoms with Crippen molar-refractivity contribution >= 4 is 22.2 Å². The van der Waals surface area contributed by atoms with E-state index >= 15 is 0 Å². The molecular formula is C19H27N3OS. The van der Waals surface area contributed by atoms with Crippen LogP contribution in [0.2, 0.25) is 0 Å². The van der Waals surface area contributed by atoms with Crippen molar-refractivity contribution in [3.8, 4) is 6.07 Å². The highest BCUT2D eigenvalue weighted by Gasteiger charge is 2.39. The Bertz CT molecular complexity index is 638. The molecule has 3 aliphatic carbocycles. The Labute approximate surface area is 148 Å². The number of aryl methyl sites for hydroxylation is 1. The number of amides is 1. The van der Waals surface area contributed by atoms with E-state index in [0.717, 1.165) is 42.3 Å². The molecule has 2 bridgehead atoms. The fourth-order valence-corrected chi connectivity index (χ4v) is 5.55. The Morgan fingerprint density at radius 3 is 2.67 bits per heavy atom. The number of hydrogen-bond donors (Lipinski definition) is 2. The monoisotopic (exact) mass is 345 g/mol. The van der Waals surface area contributed by atoms with Gasteiger partial charge in [0.1, 0.15) is 11.1 Å². The quantitative estimate of drug-likeness (QED) is 0.770. The number of carbonyl (C=O) groups is 1. The molecule has 0 saturated heterocycles. The van der Waals surface area contributed by atoms with Crippen LogP contribution in [0.15, 0.2) is 0 Å². The number of anilines is 1. The standard InChI is InChI=1S/C19H27N3OS/c1-12-16(11-20)19(24-17(12)4-3-9-21-2)22-18(23)15-10-13-5-7-14(15)8-6-13/h13-15,21H,3-10H2,1-2H3,(H,22,23). The minimum atomic E-state index is 0.143. The summed E-state index contributed by atoms with van der Waals surface area (Å²) in [4.78, 5) is 14.0. The van der Waals surface area contributed by atoms with Crippen LogP contribution in [0.5, 0.6) is 0 Å². The van der Waals surface area contributed by atoms with Gasteiger partial charge in [0.15, 0.2) is 0 Å². The maximum absolute atomic E-state index is 12.8. The molecule has 1 aromatic rings. The number of hydrogen-bond acceptors (Lipinski definition) is 4. The van der Waals surface area contributed by atoms with Crippen molar-refractivity contribution in [2.75, 3.05) is 18.9 Å². The Kier molecular flexibility index (Phi) is 5.57. The molecule has 0 spiro atoms. The molecule has 130 valence electrons. The maximum atomic E-state index is 12.8. The van der Waals surface area contributed by atoms with Gasteiger partial charge in [-0.2, -0.15) is 5.26 Å². The van der Waals surface area contributed by atoms with Gasteiger partial charge in [0.25, 0.3) is 0 Å². The number of carbonyl (C=O) groups excluding carboxylic acids is 1. The summed E-state index contributed by atoms with van der Waals surface area (Å²) >= 11 is 1.59. The van der Waals surface area contributed by atoms with Gasteiger partial charge in [0, 0.05) is 10.8 Å². The van der Waals surface area contributed by atoms with E-state index in [2.05, 4.69) is 16.7 Å². The Hall–Kier alpha value is -1.38. The predicted molar refractivity (Wildman–Crippen MR) is 98.2 cm³/mol. The summed E-state index contributed by atoms with van der Waals surface area (Å²) in [5.41, 5.74) is 1.70. The first kappa shape index (κ1) is 17.4. The predicted octanol–water partition coefficient (Wildman–Crippen LogP) is 3.85. The molecule has 3 saturated carbocycles. The number of rotatable bonds is 6. The number of nitriles is 1. The van der Waals surface area contributed by atoms with Crippen LogP contribution in [0.25, 0.3) is 0 Å². The second-order valence-electron chi connectivity index (χ2n) is 7.29. The normalized spacial score (nSPS) is 25.5. The van der Waals surface area contributed by atoms with Crippen LogP contribution < -0.4 is 10.6 Å². The van der Waals surface area contributed by atoms with E-state index in [1.54, 1.807) is 11.3 Å². The SMILES string of the molecule is CNCCCc1sc(NC(=O)C2CC3CCC2CC3)c(C#N)c1C. The Balaban J connectivity index is 1.71. The van der Waals surface area contributed by atoms with Gasteiger partial charge >= 0.3 is 0 Å². The topological polar surface area (TPSA) is 64.9 Å². The third kappa shape index (κ3) is 3.50. The van der Waals surface area contributed by atoms with Crippen molar-refractivity contribution < 1.29 is 4.79 Å². The molecule has 2 N–H and O–H groups in total. The molecule has 4 rings (SSSR count). The van der Waals surface area contributed by atoms with Crippen molar-refractivity contribution in [2.45, 2.75) is 51.9 Å². The van der Waals surface area contributed by atoms with E-state index in [1.807, 2.05) is 14.0 Å². The van der Waals surface area contributed by atoms with Crippen LogP contribution in [-0.4, -0.2) is 19.5 Å². The molecule has 1 unspecified atom stereocenters. The molecule has 3 fully saturated rings. The highest BCUT2D eigenvalue weighted by atomic mass is 32.1. The second kappa shape index (κ2) is 7.67. The smallest absolute Gasteiger partial charge is 0.228 e. The molecule has 3 aliphatic rings. The highest BCUT2D eigenvalue weighted by Crippen LogP contribution is 2.45. The summed E-state index contributed by atoms with van der Waals surface area (Å²) in [5.74, 6) is 1.59. The minimum Gasteiger partial charge on any atom is -0.320 e. The third-order valence-corrected chi connectivity index (χ3v) is 7.08. The van der Waals surface area contributed by atoms with Gasteiger partial charge in [-0.1, -0.05) is 12.8 Å². The lowest BCUT2D eigenvalue weighted by molar-refractivity contribution is -0.124. The Morgan fingerprint density at radius 2 is 2.08 bits per heavy atom. The number of nitrogens with one attached hydrogen (secondary N) is 2. The molecule has 0 radical (unpaired) electrons. The fourth-order valence-electron chi connectivity index (χ4n) is 4.35. The molecule has 0 aromatic carbocycles. The van der Waals surface area contributed by atoms with E-state index < -0.39 is 0 Å². The average molecular weight is 346 g/mol. The summed E-state index contributed by atoms with van der Waals surface area (Å²) in [6.07, 6.45) is 8.03. The molecule has 0 aliphatic heterocycles. The lowest BCUT2D eigenvalue weighted by atomic mass is 9.64. The van der Waals surface area contributed by atoms with E-state index in [-0.39, 0.29) is 11.8 Å². The first-order valence-electron chi connectivity index (χ1n) is 9.11. The van der Waals surface area contributed by atoms with Crippen LogP contribution in [0, 0.1) is 36.0 Å². The van der Waals surface area contributed by atoms with E-state index in [4.69, 9.17) is 0 Å². The molecule has 24 heavy (non-hydrogen) atoms. The van der Waals surface area contributed by atoms with Gasteiger partial charge in [-0.05, 0) is 70.0 Å². The third-order valence-electron chi connectivity index (χ3n) is 5.81. The highest BCUT2D eigenvalue weighted by molar-refractivity contribution is 7.16. The van der Waals surface area contributed by atoms with Gasteiger partial charge in [0.05, 0.1) is 5.56 Å². The van der Waals surface area contributed by atoms with Crippen LogP contribution in [0.4, 0.5) is 5.00 Å². The molecule has 1 atom stereocenters. The first-order valence-corrected chi connectivity index (χ1v) is 9.93. The van der Waals surface area contributed by atoms with Crippen LogP contribution in [0.1, 0.15) is 54.5 Å². The molecule has 1 heterocycles. The zero-order chi connectivity index (χ0) is 17.1. The van der Waals surface area contributed by atoms with Crippen molar-refractivity contribution in [3.05, 3.63) is 16.0 Å². The lowest BCUT2D eigenvalue weighted by Crippen LogP contribution is -2.38. The second-order valence-corrected chi connectivity index (χ2v) is 8.39. The van der Waals surface area contributed by atoms with Gasteiger partial charge in [-0.25, -0.2) is 0 Å². The van der Waals surface area contributed by atoms with Crippen molar-refractivity contribution in [3.63, 3.8) is 0 Å². The fraction of sp³-hybridized carbons (Fsp3) is 0.684. The van der Waals surface area contributed by atoms with E-state index in [0.29, 0.717) is 11.5 Å². The number of thiophene rings is 1. The van der Waals surface area contributed by atoms with Gasteiger partial charge in [-0.3, -0.25) is 4.79 Å². The summed E-state index contributed by atoms with van der Waals surface area (Å²) in [6.45, 7) is 2.97. The zero-order valence-electron chi connectivity index (χ0n) is 14.7. The number of nitrogens with zero attached hydrogens (tertiary/aromatic N) is 1. The molecule has 5 heteroatoms. The maximum Gasteiger partial charge on any atom is 0.228 e. The minimum absolute atomic E-state index is 0.143. The van der Waals surface area contributed by atoms with E-state index in [1.165, 1.54) is 30.6 Å². The van der Waals surface area contributed by atoms with Crippen LogP contribution in [0.3, 0.4) is 0 Å². The summed E-state index contributed by atoms with van der Waals surface area (Å²) in [6, 6.07) is 2.30. The van der Waals surface area contributed by atoms with Gasteiger partial charge in [-0.15, -0.1) is 11.3 Å². The van der Waals surface area contributed by atoms with Crippen molar-refractivity contribution in [1.29, 1.82) is 5.26 Å². The first-order chi connectivity index (χ1) is 11.6. The van der Waals surface area contributed by atoms with Gasteiger partial charge in [0.2, 0.25) is 5.91 Å². The van der Waals surface area contributed by atoms with Crippen LogP contribution >= 0.6 is 11.3 Å². The zero-order valence-corrected chi connectivity index (χ0v) is 15.5. The van der Waals surface area contributed by atoms with Gasteiger partial charge < -0.3 is 10.6 Å². The summed E-state index contributed by atoms with van der Waals surface area (Å²) in [5, 5.41) is 16.5. The molecular weight excluding hydrogens is 318 g/mol. The average Bonchev–Trinajstić information content (AvgIpc) is 2.91.